The topological polar surface area (TPSA) is 38.7 Å². The predicted octanol–water partition coefficient (Wildman–Crippen LogP) is 2.04. The molecule has 1 heterocycles. The summed E-state index contributed by atoms with van der Waals surface area (Å²) in [6.07, 6.45) is 0. The first-order valence-electron chi connectivity index (χ1n) is 3.45. The minimum Gasteiger partial charge on any atom is -0.318 e. The number of thiophene rings is 1. The van der Waals surface area contributed by atoms with E-state index in [-0.39, 0.29) is 0 Å². The molecule has 0 saturated carbocycles. The van der Waals surface area contributed by atoms with Crippen molar-refractivity contribution in [3.63, 3.8) is 0 Å². The van der Waals surface area contributed by atoms with Gasteiger partial charge in [0.2, 0.25) is 0 Å². The van der Waals surface area contributed by atoms with Gasteiger partial charge in [0.1, 0.15) is 0 Å². The molecule has 1 aromatic heterocycles. The van der Waals surface area contributed by atoms with Gasteiger partial charge in [0.15, 0.2) is 0 Å². The fourth-order valence-electron chi connectivity index (χ4n) is 0.656. The van der Waals surface area contributed by atoms with Gasteiger partial charge >= 0.3 is 5.97 Å². The highest BCUT2D eigenvalue weighted by Gasteiger charge is 1.98. The van der Waals surface area contributed by atoms with Gasteiger partial charge in [0.25, 0.3) is 0 Å². The Hall–Kier alpha value is -1.16. The molecule has 64 valence electrons. The normalized spacial score (nSPS) is 11.3. The molecule has 0 atom stereocenters. The van der Waals surface area contributed by atoms with Crippen LogP contribution in [0.15, 0.2) is 22.0 Å². The number of nitrogens with zero attached hydrogens (tertiary/aromatic N) is 1. The monoisotopic (exact) mass is 183 g/mol. The first-order chi connectivity index (χ1) is 5.70. The molecule has 0 N–H and O–H groups in total. The van der Waals surface area contributed by atoms with Gasteiger partial charge in [-0.25, -0.2) is 4.79 Å². The Balaban J connectivity index is 2.65. The van der Waals surface area contributed by atoms with Gasteiger partial charge in [0, 0.05) is 12.5 Å². The van der Waals surface area contributed by atoms with Crippen molar-refractivity contribution in [3.8, 4) is 0 Å². The number of hydrogen-bond donors (Lipinski definition) is 0. The Bertz CT molecular complexity index is 290. The van der Waals surface area contributed by atoms with Crippen molar-refractivity contribution in [1.82, 2.24) is 0 Å². The second-order valence-electron chi connectivity index (χ2n) is 2.27. The average Bonchev–Trinajstić information content (AvgIpc) is 2.51. The quantitative estimate of drug-likeness (QED) is 0.400. The van der Waals surface area contributed by atoms with Gasteiger partial charge in [-0.05, 0) is 23.8 Å². The van der Waals surface area contributed by atoms with Crippen LogP contribution in [0.1, 0.15) is 19.4 Å². The Morgan fingerprint density at radius 3 is 2.83 bits per heavy atom. The van der Waals surface area contributed by atoms with Gasteiger partial charge < -0.3 is 4.84 Å². The van der Waals surface area contributed by atoms with Crippen LogP contribution in [0.25, 0.3) is 0 Å². The summed E-state index contributed by atoms with van der Waals surface area (Å²) in [7, 11) is 0. The molecule has 0 aliphatic heterocycles. The van der Waals surface area contributed by atoms with Crippen molar-refractivity contribution in [2.24, 2.45) is 5.16 Å². The van der Waals surface area contributed by atoms with E-state index in [2.05, 4.69) is 9.99 Å². The molecule has 12 heavy (non-hydrogen) atoms. The highest BCUT2D eigenvalue weighted by atomic mass is 32.1. The molecule has 4 heteroatoms. The Labute approximate surface area is 74.7 Å². The number of carbonyl (C=O) groups excluding carboxylic acids is 1. The fraction of sp³-hybridized carbons (Fsp3) is 0.250. The number of rotatable bonds is 2. The Morgan fingerprint density at radius 2 is 2.33 bits per heavy atom. The molecule has 0 amide bonds. The van der Waals surface area contributed by atoms with E-state index >= 15 is 0 Å². The van der Waals surface area contributed by atoms with E-state index < -0.39 is 5.97 Å². The average molecular weight is 183 g/mol. The maximum absolute atomic E-state index is 10.4. The summed E-state index contributed by atoms with van der Waals surface area (Å²) in [5.74, 6) is -0.399. The molecular weight excluding hydrogens is 174 g/mol. The lowest BCUT2D eigenvalue weighted by molar-refractivity contribution is -0.140. The fourth-order valence-corrected chi connectivity index (χ4v) is 1.36. The SMILES string of the molecule is CC(=O)O/N=C(\C)c1ccsc1. The van der Waals surface area contributed by atoms with Gasteiger partial charge in [-0.1, -0.05) is 5.16 Å². The van der Waals surface area contributed by atoms with Crippen molar-refractivity contribution in [1.29, 1.82) is 0 Å². The van der Waals surface area contributed by atoms with E-state index in [9.17, 15) is 4.79 Å². The van der Waals surface area contributed by atoms with Crippen LogP contribution in [-0.2, 0) is 9.63 Å². The summed E-state index contributed by atoms with van der Waals surface area (Å²) in [6.45, 7) is 3.12. The van der Waals surface area contributed by atoms with Crippen molar-refractivity contribution in [2.45, 2.75) is 13.8 Å². The molecule has 0 radical (unpaired) electrons. The van der Waals surface area contributed by atoms with E-state index in [1.165, 1.54) is 6.92 Å². The molecule has 0 unspecified atom stereocenters. The van der Waals surface area contributed by atoms with Crippen LogP contribution in [0.2, 0.25) is 0 Å². The molecule has 0 aromatic carbocycles. The summed E-state index contributed by atoms with van der Waals surface area (Å²) in [5, 5.41) is 7.53. The van der Waals surface area contributed by atoms with E-state index in [0.29, 0.717) is 5.71 Å². The summed E-state index contributed by atoms with van der Waals surface area (Å²) in [4.78, 5) is 14.9. The van der Waals surface area contributed by atoms with Gasteiger partial charge in [-0.3, -0.25) is 0 Å². The zero-order chi connectivity index (χ0) is 8.97. The molecule has 0 bridgehead atoms. The Morgan fingerprint density at radius 1 is 1.58 bits per heavy atom. The highest BCUT2D eigenvalue weighted by Crippen LogP contribution is 2.07. The lowest BCUT2D eigenvalue weighted by atomic mass is 10.2. The molecule has 0 saturated heterocycles. The standard InChI is InChI=1S/C8H9NO2S/c1-6(9-11-7(2)10)8-3-4-12-5-8/h3-5H,1-2H3/b9-6+. The van der Waals surface area contributed by atoms with Crippen molar-refractivity contribution in [3.05, 3.63) is 22.4 Å². The third kappa shape index (κ3) is 2.47. The van der Waals surface area contributed by atoms with Gasteiger partial charge in [-0.15, -0.1) is 0 Å². The predicted molar refractivity (Wildman–Crippen MR) is 48.3 cm³/mol. The maximum Gasteiger partial charge on any atom is 0.331 e. The number of carbonyl (C=O) groups is 1. The van der Waals surface area contributed by atoms with Crippen LogP contribution in [0, 0.1) is 0 Å². The Kier molecular flexibility index (Phi) is 2.99. The van der Waals surface area contributed by atoms with Crippen molar-refractivity contribution in [2.75, 3.05) is 0 Å². The van der Waals surface area contributed by atoms with E-state index in [1.54, 1.807) is 18.3 Å². The van der Waals surface area contributed by atoms with Crippen molar-refractivity contribution >= 4 is 23.0 Å². The van der Waals surface area contributed by atoms with Gasteiger partial charge in [-0.2, -0.15) is 11.3 Å². The smallest absolute Gasteiger partial charge is 0.318 e. The third-order valence-corrected chi connectivity index (χ3v) is 1.93. The van der Waals surface area contributed by atoms with E-state index in [0.717, 1.165) is 5.56 Å². The first-order valence-corrected chi connectivity index (χ1v) is 4.39. The van der Waals surface area contributed by atoms with Crippen LogP contribution in [-0.4, -0.2) is 11.7 Å². The number of oxime groups is 1. The van der Waals surface area contributed by atoms with E-state index in [4.69, 9.17) is 0 Å². The summed E-state index contributed by atoms with van der Waals surface area (Å²) >= 11 is 1.58. The second-order valence-corrected chi connectivity index (χ2v) is 3.05. The molecule has 0 spiro atoms. The minimum absolute atomic E-state index is 0.399. The number of hydrogen-bond acceptors (Lipinski definition) is 4. The molecular formula is C8H9NO2S. The van der Waals surface area contributed by atoms with Crippen LogP contribution < -0.4 is 0 Å². The molecule has 1 aromatic rings. The third-order valence-electron chi connectivity index (χ3n) is 1.25. The largest absolute Gasteiger partial charge is 0.331 e. The summed E-state index contributed by atoms with van der Waals surface area (Å²) in [6, 6.07) is 1.92. The molecule has 0 aliphatic rings. The van der Waals surface area contributed by atoms with Crippen molar-refractivity contribution < 1.29 is 9.63 Å². The highest BCUT2D eigenvalue weighted by molar-refractivity contribution is 7.08. The van der Waals surface area contributed by atoms with Crippen LogP contribution in [0.4, 0.5) is 0 Å². The molecule has 1 rings (SSSR count). The lowest BCUT2D eigenvalue weighted by Gasteiger charge is -1.94. The lowest BCUT2D eigenvalue weighted by Crippen LogP contribution is -1.97. The molecule has 0 aliphatic carbocycles. The maximum atomic E-state index is 10.4. The summed E-state index contributed by atoms with van der Waals surface area (Å²) < 4.78 is 0. The van der Waals surface area contributed by atoms with Crippen LogP contribution in [0.5, 0.6) is 0 Å². The van der Waals surface area contributed by atoms with Crippen LogP contribution >= 0.6 is 11.3 Å². The minimum atomic E-state index is -0.399. The first kappa shape index (κ1) is 8.93. The second kappa shape index (κ2) is 4.01. The molecule has 0 fully saturated rings. The van der Waals surface area contributed by atoms with Crippen LogP contribution in [0.3, 0.4) is 0 Å². The zero-order valence-corrected chi connectivity index (χ0v) is 7.72. The zero-order valence-electron chi connectivity index (χ0n) is 6.90. The van der Waals surface area contributed by atoms with E-state index in [1.807, 2.05) is 16.8 Å². The van der Waals surface area contributed by atoms with Gasteiger partial charge in [0.05, 0.1) is 5.71 Å². The molecule has 3 nitrogen and oxygen atoms in total. The summed E-state index contributed by atoms with van der Waals surface area (Å²) in [5.41, 5.74) is 1.70.